The molecule has 0 amide bonds. The number of fused-ring (bicyclic) bond motifs is 1. The van der Waals surface area contributed by atoms with Gasteiger partial charge in [0.05, 0.1) is 11.8 Å². The summed E-state index contributed by atoms with van der Waals surface area (Å²) in [6.07, 6.45) is 0.723. The second-order valence-corrected chi connectivity index (χ2v) is 5.33. The van der Waals surface area contributed by atoms with Crippen molar-refractivity contribution in [3.05, 3.63) is 24.1 Å². The van der Waals surface area contributed by atoms with Gasteiger partial charge in [-0.15, -0.1) is 0 Å². The van der Waals surface area contributed by atoms with Gasteiger partial charge >= 0.3 is 12.1 Å². The highest BCUT2D eigenvalue weighted by Crippen LogP contribution is 2.16. The van der Waals surface area contributed by atoms with Crippen LogP contribution in [-0.2, 0) is 14.2 Å². The minimum absolute atomic E-state index is 0.0571. The third-order valence-corrected chi connectivity index (χ3v) is 2.39. The standard InChI is InChI=1S/C14H17NO6/c1-14(2,3)21-13(17)20-7-6-19-12(16)10-8-11-9(15-10)4-5-18-11/h4-5,8,15H,6-7H2,1-3H3. The lowest BCUT2D eigenvalue weighted by molar-refractivity contribution is -0.0167. The number of H-pyrrole nitrogens is 1. The van der Waals surface area contributed by atoms with E-state index in [1.807, 2.05) is 0 Å². The third kappa shape index (κ3) is 4.27. The lowest BCUT2D eigenvalue weighted by Gasteiger charge is -2.18. The first-order valence-electron chi connectivity index (χ1n) is 6.44. The third-order valence-electron chi connectivity index (χ3n) is 2.39. The summed E-state index contributed by atoms with van der Waals surface area (Å²) in [6.45, 7) is 5.07. The largest absolute Gasteiger partial charge is 0.508 e. The molecule has 2 rings (SSSR count). The topological polar surface area (TPSA) is 90.8 Å². The number of carbonyl (C=O) groups excluding carboxylic acids is 2. The molecule has 1 N–H and O–H groups in total. The first-order chi connectivity index (χ1) is 9.85. The van der Waals surface area contributed by atoms with Crippen LogP contribution in [0.1, 0.15) is 31.3 Å². The molecule has 0 aliphatic heterocycles. The van der Waals surface area contributed by atoms with Crippen LogP contribution in [-0.4, -0.2) is 35.9 Å². The Morgan fingerprint density at radius 2 is 1.95 bits per heavy atom. The Kier molecular flexibility index (Phi) is 4.21. The van der Waals surface area contributed by atoms with Gasteiger partial charge in [-0.3, -0.25) is 0 Å². The molecule has 0 saturated heterocycles. The molecule has 0 bridgehead atoms. The van der Waals surface area contributed by atoms with Crippen LogP contribution in [0.2, 0.25) is 0 Å². The zero-order chi connectivity index (χ0) is 15.5. The highest BCUT2D eigenvalue weighted by atomic mass is 16.7. The minimum Gasteiger partial charge on any atom is -0.463 e. The van der Waals surface area contributed by atoms with E-state index >= 15 is 0 Å². The first-order valence-corrected chi connectivity index (χ1v) is 6.44. The number of hydrogen-bond donors (Lipinski definition) is 1. The van der Waals surface area contributed by atoms with E-state index in [-0.39, 0.29) is 18.9 Å². The van der Waals surface area contributed by atoms with Crippen molar-refractivity contribution in [2.45, 2.75) is 26.4 Å². The van der Waals surface area contributed by atoms with Gasteiger partial charge in [-0.1, -0.05) is 0 Å². The average Bonchev–Trinajstić information content (AvgIpc) is 2.92. The molecule has 7 heteroatoms. The number of aromatic nitrogens is 1. The molecule has 0 aromatic carbocycles. The van der Waals surface area contributed by atoms with Crippen molar-refractivity contribution in [1.82, 2.24) is 4.98 Å². The Balaban J connectivity index is 1.72. The summed E-state index contributed by atoms with van der Waals surface area (Å²) in [6, 6.07) is 3.25. The van der Waals surface area contributed by atoms with Crippen LogP contribution in [0.3, 0.4) is 0 Å². The van der Waals surface area contributed by atoms with Crippen molar-refractivity contribution in [2.75, 3.05) is 13.2 Å². The number of esters is 1. The summed E-state index contributed by atoms with van der Waals surface area (Å²) >= 11 is 0. The fraction of sp³-hybridized carbons (Fsp3) is 0.429. The number of nitrogens with one attached hydrogen (secondary N) is 1. The maximum Gasteiger partial charge on any atom is 0.508 e. The monoisotopic (exact) mass is 295 g/mol. The molecule has 0 spiro atoms. The van der Waals surface area contributed by atoms with Crippen molar-refractivity contribution in [3.8, 4) is 0 Å². The van der Waals surface area contributed by atoms with Gasteiger partial charge in [0.1, 0.15) is 24.5 Å². The summed E-state index contributed by atoms with van der Waals surface area (Å²) < 4.78 is 19.8. The molecule has 7 nitrogen and oxygen atoms in total. The quantitative estimate of drug-likeness (QED) is 0.689. The van der Waals surface area contributed by atoms with Crippen LogP contribution in [0, 0.1) is 0 Å². The molecule has 0 atom stereocenters. The number of hydrogen-bond acceptors (Lipinski definition) is 6. The van der Waals surface area contributed by atoms with Gasteiger partial charge in [-0.05, 0) is 20.8 Å². The van der Waals surface area contributed by atoms with Crippen molar-refractivity contribution >= 4 is 23.2 Å². The maximum atomic E-state index is 11.7. The predicted octanol–water partition coefficient (Wildman–Crippen LogP) is 2.87. The number of furan rings is 1. The van der Waals surface area contributed by atoms with Crippen LogP contribution in [0.25, 0.3) is 11.1 Å². The highest BCUT2D eigenvalue weighted by Gasteiger charge is 2.17. The zero-order valence-electron chi connectivity index (χ0n) is 12.1. The van der Waals surface area contributed by atoms with E-state index in [0.717, 1.165) is 0 Å². The highest BCUT2D eigenvalue weighted by molar-refractivity contribution is 5.93. The second kappa shape index (κ2) is 5.90. The Labute approximate surface area is 121 Å². The summed E-state index contributed by atoms with van der Waals surface area (Å²) in [7, 11) is 0. The normalized spacial score (nSPS) is 11.4. The Morgan fingerprint density at radius 3 is 2.62 bits per heavy atom. The van der Waals surface area contributed by atoms with Crippen LogP contribution >= 0.6 is 0 Å². The van der Waals surface area contributed by atoms with Crippen molar-refractivity contribution in [1.29, 1.82) is 0 Å². The van der Waals surface area contributed by atoms with Crippen molar-refractivity contribution in [2.24, 2.45) is 0 Å². The number of ether oxygens (including phenoxy) is 3. The average molecular weight is 295 g/mol. The van der Waals surface area contributed by atoms with Crippen molar-refractivity contribution in [3.63, 3.8) is 0 Å². The van der Waals surface area contributed by atoms with Gasteiger partial charge in [0.2, 0.25) is 0 Å². The molecule has 2 heterocycles. The van der Waals surface area contributed by atoms with E-state index in [1.54, 1.807) is 32.9 Å². The molecule has 0 aliphatic rings. The predicted molar refractivity (Wildman–Crippen MR) is 73.0 cm³/mol. The van der Waals surface area contributed by atoms with Crippen LogP contribution in [0.5, 0.6) is 0 Å². The lowest BCUT2D eigenvalue weighted by atomic mass is 10.2. The SMILES string of the molecule is CC(C)(C)OC(=O)OCCOC(=O)c1cc2occc2[nH]1. The molecular formula is C14H17NO6. The first kappa shape index (κ1) is 15.0. The summed E-state index contributed by atoms with van der Waals surface area (Å²) in [4.78, 5) is 25.8. The van der Waals surface area contributed by atoms with E-state index in [4.69, 9.17) is 18.6 Å². The minimum atomic E-state index is -0.795. The summed E-state index contributed by atoms with van der Waals surface area (Å²) in [5.41, 5.74) is 0.951. The Morgan fingerprint density at radius 1 is 1.24 bits per heavy atom. The van der Waals surface area contributed by atoms with Gasteiger partial charge in [0, 0.05) is 12.1 Å². The molecule has 114 valence electrons. The van der Waals surface area contributed by atoms with E-state index in [1.165, 1.54) is 6.26 Å². The fourth-order valence-corrected chi connectivity index (χ4v) is 1.57. The van der Waals surface area contributed by atoms with E-state index in [9.17, 15) is 9.59 Å². The zero-order valence-corrected chi connectivity index (χ0v) is 12.1. The summed E-state index contributed by atoms with van der Waals surface area (Å²) in [5.74, 6) is -0.547. The molecule has 0 radical (unpaired) electrons. The van der Waals surface area contributed by atoms with Gasteiger partial charge < -0.3 is 23.6 Å². The molecule has 2 aromatic heterocycles. The molecule has 0 aliphatic carbocycles. The smallest absolute Gasteiger partial charge is 0.463 e. The van der Waals surface area contributed by atoms with Gasteiger partial charge in [-0.2, -0.15) is 0 Å². The Hall–Kier alpha value is -2.44. The fourth-order valence-electron chi connectivity index (χ4n) is 1.57. The maximum absolute atomic E-state index is 11.7. The van der Waals surface area contributed by atoms with E-state index in [0.29, 0.717) is 11.1 Å². The molecular weight excluding hydrogens is 278 g/mol. The summed E-state index contributed by atoms with van der Waals surface area (Å²) in [5, 5.41) is 0. The Bertz CT molecular complexity index is 605. The van der Waals surface area contributed by atoms with Crippen LogP contribution in [0.15, 0.2) is 22.8 Å². The number of carbonyl (C=O) groups is 2. The number of rotatable bonds is 4. The van der Waals surface area contributed by atoms with E-state index in [2.05, 4.69) is 4.98 Å². The second-order valence-electron chi connectivity index (χ2n) is 5.33. The molecule has 21 heavy (non-hydrogen) atoms. The molecule has 0 unspecified atom stereocenters. The van der Waals surface area contributed by atoms with E-state index < -0.39 is 17.7 Å². The van der Waals surface area contributed by atoms with Crippen molar-refractivity contribution < 1.29 is 28.2 Å². The van der Waals surface area contributed by atoms with Crippen LogP contribution < -0.4 is 0 Å². The lowest BCUT2D eigenvalue weighted by Crippen LogP contribution is -2.25. The molecule has 0 fully saturated rings. The van der Waals surface area contributed by atoms with Gasteiger partial charge in [-0.25, -0.2) is 9.59 Å². The van der Waals surface area contributed by atoms with Crippen LogP contribution in [0.4, 0.5) is 4.79 Å². The molecule has 2 aromatic rings. The van der Waals surface area contributed by atoms with Gasteiger partial charge in [0.25, 0.3) is 0 Å². The molecule has 0 saturated carbocycles. The van der Waals surface area contributed by atoms with Gasteiger partial charge in [0.15, 0.2) is 5.58 Å². The number of aromatic amines is 1.